The SMILES string of the molecule is CC(C)CNC(=O)CNC(=O)c1cc(F)c(NN)c(F)c1. The number of rotatable bonds is 6. The third-order valence-electron chi connectivity index (χ3n) is 2.57. The van der Waals surface area contributed by atoms with E-state index in [9.17, 15) is 18.4 Å². The fourth-order valence-corrected chi connectivity index (χ4v) is 1.49. The maximum atomic E-state index is 13.4. The van der Waals surface area contributed by atoms with Gasteiger partial charge in [0.1, 0.15) is 5.69 Å². The number of nitrogens with one attached hydrogen (secondary N) is 3. The summed E-state index contributed by atoms with van der Waals surface area (Å²) in [5.41, 5.74) is 1.10. The molecule has 0 unspecified atom stereocenters. The maximum absolute atomic E-state index is 13.4. The number of anilines is 1. The van der Waals surface area contributed by atoms with Crippen LogP contribution >= 0.6 is 0 Å². The first kappa shape index (κ1) is 16.8. The van der Waals surface area contributed by atoms with Crippen molar-refractivity contribution in [1.82, 2.24) is 10.6 Å². The van der Waals surface area contributed by atoms with Gasteiger partial charge in [-0.3, -0.25) is 15.4 Å². The Labute approximate surface area is 121 Å². The minimum Gasteiger partial charge on any atom is -0.354 e. The predicted molar refractivity (Wildman–Crippen MR) is 74.3 cm³/mol. The van der Waals surface area contributed by atoms with Crippen LogP contribution in [0.3, 0.4) is 0 Å². The Morgan fingerprint density at radius 2 is 1.76 bits per heavy atom. The first-order chi connectivity index (χ1) is 9.85. The van der Waals surface area contributed by atoms with Crippen LogP contribution in [-0.4, -0.2) is 24.9 Å². The van der Waals surface area contributed by atoms with Crippen molar-refractivity contribution in [3.63, 3.8) is 0 Å². The molecule has 0 aromatic heterocycles. The number of benzene rings is 1. The summed E-state index contributed by atoms with van der Waals surface area (Å²) in [6, 6.07) is 1.67. The average Bonchev–Trinajstić information content (AvgIpc) is 2.42. The standard InChI is InChI=1S/C13H18F2N4O2/c1-7(2)5-17-11(20)6-18-13(21)8-3-9(14)12(19-16)10(15)4-8/h3-4,7,19H,5-6,16H2,1-2H3,(H,17,20)(H,18,21). The van der Waals surface area contributed by atoms with Crippen molar-refractivity contribution in [2.24, 2.45) is 11.8 Å². The quantitative estimate of drug-likeness (QED) is 0.460. The van der Waals surface area contributed by atoms with Crippen molar-refractivity contribution in [3.05, 3.63) is 29.3 Å². The number of hydrogen-bond acceptors (Lipinski definition) is 4. The number of hydrogen-bond donors (Lipinski definition) is 4. The number of nitrogen functional groups attached to an aromatic ring is 1. The molecule has 0 saturated heterocycles. The van der Waals surface area contributed by atoms with E-state index in [0.29, 0.717) is 6.54 Å². The van der Waals surface area contributed by atoms with Crippen LogP contribution in [-0.2, 0) is 4.79 Å². The van der Waals surface area contributed by atoms with Crippen LogP contribution in [0.15, 0.2) is 12.1 Å². The second-order valence-corrected chi connectivity index (χ2v) is 4.84. The molecule has 0 saturated carbocycles. The van der Waals surface area contributed by atoms with Gasteiger partial charge < -0.3 is 16.1 Å². The highest BCUT2D eigenvalue weighted by atomic mass is 19.1. The maximum Gasteiger partial charge on any atom is 0.251 e. The number of halogens is 2. The van der Waals surface area contributed by atoms with E-state index in [1.54, 1.807) is 0 Å². The van der Waals surface area contributed by atoms with Crippen molar-refractivity contribution in [3.8, 4) is 0 Å². The molecule has 1 rings (SSSR count). The molecule has 0 fully saturated rings. The normalized spacial score (nSPS) is 10.4. The molecule has 0 aliphatic heterocycles. The van der Waals surface area contributed by atoms with Gasteiger partial charge >= 0.3 is 0 Å². The molecular formula is C13H18F2N4O2. The summed E-state index contributed by atoms with van der Waals surface area (Å²) < 4.78 is 26.9. The Balaban J connectivity index is 2.62. The highest BCUT2D eigenvalue weighted by Crippen LogP contribution is 2.19. The second kappa shape index (κ2) is 7.53. The summed E-state index contributed by atoms with van der Waals surface area (Å²) >= 11 is 0. The molecule has 1 aromatic rings. The van der Waals surface area contributed by atoms with Crippen LogP contribution < -0.4 is 21.9 Å². The third-order valence-corrected chi connectivity index (χ3v) is 2.57. The van der Waals surface area contributed by atoms with Crippen LogP contribution in [0, 0.1) is 17.6 Å². The van der Waals surface area contributed by atoms with Crippen LogP contribution in [0.1, 0.15) is 24.2 Å². The zero-order valence-corrected chi connectivity index (χ0v) is 11.8. The van der Waals surface area contributed by atoms with Gasteiger partial charge in [0.05, 0.1) is 6.54 Å². The van der Waals surface area contributed by atoms with Crippen molar-refractivity contribution in [2.45, 2.75) is 13.8 Å². The van der Waals surface area contributed by atoms with Gasteiger partial charge in [0.15, 0.2) is 11.6 Å². The van der Waals surface area contributed by atoms with E-state index in [1.165, 1.54) is 0 Å². The van der Waals surface area contributed by atoms with Crippen LogP contribution in [0.4, 0.5) is 14.5 Å². The monoisotopic (exact) mass is 300 g/mol. The van der Waals surface area contributed by atoms with Crippen LogP contribution in [0.5, 0.6) is 0 Å². The molecule has 0 atom stereocenters. The van der Waals surface area contributed by atoms with Gasteiger partial charge in [0.2, 0.25) is 5.91 Å². The van der Waals surface area contributed by atoms with Gasteiger partial charge in [0, 0.05) is 12.1 Å². The molecule has 6 nitrogen and oxygen atoms in total. The fourth-order valence-electron chi connectivity index (χ4n) is 1.49. The van der Waals surface area contributed by atoms with E-state index < -0.39 is 23.2 Å². The van der Waals surface area contributed by atoms with Crippen molar-refractivity contribution < 1.29 is 18.4 Å². The number of hydrazine groups is 1. The van der Waals surface area contributed by atoms with Gasteiger partial charge in [0.25, 0.3) is 5.91 Å². The largest absolute Gasteiger partial charge is 0.354 e. The van der Waals surface area contributed by atoms with Gasteiger partial charge in [-0.15, -0.1) is 0 Å². The molecule has 0 bridgehead atoms. The lowest BCUT2D eigenvalue weighted by Gasteiger charge is -2.10. The molecule has 2 amide bonds. The highest BCUT2D eigenvalue weighted by molar-refractivity contribution is 5.96. The van der Waals surface area contributed by atoms with Gasteiger partial charge in [-0.2, -0.15) is 0 Å². The van der Waals surface area contributed by atoms with Crippen molar-refractivity contribution in [2.75, 3.05) is 18.5 Å². The predicted octanol–water partition coefficient (Wildman–Crippen LogP) is 0.752. The molecule has 21 heavy (non-hydrogen) atoms. The second-order valence-electron chi connectivity index (χ2n) is 4.84. The van der Waals surface area contributed by atoms with Gasteiger partial charge in [-0.1, -0.05) is 13.8 Å². The Kier molecular flexibility index (Phi) is 6.04. The summed E-state index contributed by atoms with van der Waals surface area (Å²) in [5, 5.41) is 4.88. The lowest BCUT2D eigenvalue weighted by Crippen LogP contribution is -2.38. The van der Waals surface area contributed by atoms with E-state index in [-0.39, 0.29) is 23.9 Å². The number of nitrogens with two attached hydrogens (primary N) is 1. The lowest BCUT2D eigenvalue weighted by molar-refractivity contribution is -0.120. The summed E-state index contributed by atoms with van der Waals surface area (Å²) in [4.78, 5) is 23.1. The molecule has 116 valence electrons. The Morgan fingerprint density at radius 3 is 2.24 bits per heavy atom. The van der Waals surface area contributed by atoms with E-state index in [4.69, 9.17) is 5.84 Å². The topological polar surface area (TPSA) is 96.2 Å². The molecular weight excluding hydrogens is 282 g/mol. The van der Waals surface area contributed by atoms with Gasteiger partial charge in [-0.05, 0) is 18.1 Å². The number of carbonyl (C=O) groups excluding carboxylic acids is 2. The van der Waals surface area contributed by atoms with E-state index >= 15 is 0 Å². The minimum absolute atomic E-state index is 0.236. The van der Waals surface area contributed by atoms with E-state index in [0.717, 1.165) is 12.1 Å². The molecule has 0 radical (unpaired) electrons. The molecule has 0 heterocycles. The first-order valence-electron chi connectivity index (χ1n) is 6.35. The van der Waals surface area contributed by atoms with Gasteiger partial charge in [-0.25, -0.2) is 8.78 Å². The van der Waals surface area contributed by atoms with E-state index in [2.05, 4.69) is 10.6 Å². The third kappa shape index (κ3) is 4.99. The molecule has 5 N–H and O–H groups in total. The smallest absolute Gasteiger partial charge is 0.251 e. The zero-order valence-electron chi connectivity index (χ0n) is 11.8. The highest BCUT2D eigenvalue weighted by Gasteiger charge is 2.15. The summed E-state index contributed by atoms with van der Waals surface area (Å²) in [5.74, 6) is 2.11. The molecule has 0 aliphatic rings. The number of amides is 2. The molecule has 0 spiro atoms. The average molecular weight is 300 g/mol. The first-order valence-corrected chi connectivity index (χ1v) is 6.35. The Bertz CT molecular complexity index is 512. The Hall–Kier alpha value is -2.22. The Morgan fingerprint density at radius 1 is 1.19 bits per heavy atom. The van der Waals surface area contributed by atoms with Crippen molar-refractivity contribution in [1.29, 1.82) is 0 Å². The van der Waals surface area contributed by atoms with Crippen LogP contribution in [0.25, 0.3) is 0 Å². The lowest BCUT2D eigenvalue weighted by atomic mass is 10.1. The fraction of sp³-hybridized carbons (Fsp3) is 0.385. The molecule has 1 aromatic carbocycles. The molecule has 8 heteroatoms. The zero-order chi connectivity index (χ0) is 16.0. The summed E-state index contributed by atoms with van der Waals surface area (Å²) in [6.07, 6.45) is 0. The van der Waals surface area contributed by atoms with Crippen LogP contribution in [0.2, 0.25) is 0 Å². The number of carbonyl (C=O) groups is 2. The van der Waals surface area contributed by atoms with E-state index in [1.807, 2.05) is 19.3 Å². The summed E-state index contributed by atoms with van der Waals surface area (Å²) in [7, 11) is 0. The molecule has 0 aliphatic carbocycles. The summed E-state index contributed by atoms with van der Waals surface area (Å²) in [6.45, 7) is 4.06. The minimum atomic E-state index is -0.994. The van der Waals surface area contributed by atoms with Crippen molar-refractivity contribution >= 4 is 17.5 Å².